The number of carbonyl (C=O) groups is 6. The van der Waals surface area contributed by atoms with Gasteiger partial charge < -0.3 is 44.4 Å². The maximum atomic E-state index is 15.3. The summed E-state index contributed by atoms with van der Waals surface area (Å²) < 4.78 is 24.0. The average Bonchev–Trinajstić information content (AvgIpc) is 3.23. The third-order valence-corrected chi connectivity index (χ3v) is 13.5. The van der Waals surface area contributed by atoms with Gasteiger partial charge in [0.15, 0.2) is 18.0 Å². The number of rotatable bonds is 10. The number of esters is 3. The van der Waals surface area contributed by atoms with E-state index in [9.17, 15) is 39.3 Å². The minimum atomic E-state index is -2.35. The van der Waals surface area contributed by atoms with Crippen molar-refractivity contribution in [3.63, 3.8) is 0 Å². The molecule has 14 nitrogen and oxygen atoms in total. The minimum Gasteiger partial charge on any atom is -0.456 e. The van der Waals surface area contributed by atoms with Crippen molar-refractivity contribution in [1.29, 1.82) is 0 Å². The van der Waals surface area contributed by atoms with Crippen molar-refractivity contribution in [3.05, 3.63) is 119 Å². The molecule has 11 atom stereocenters. The number of carbonyl (C=O) groups excluding carboxylic acids is 6. The number of hydrogen-bond acceptors (Lipinski definition) is 13. The molecule has 0 spiro atoms. The summed E-state index contributed by atoms with van der Waals surface area (Å²) in [5.41, 5.74) is -6.63. The SMILES string of the molecule is CC(=O)O[C@H]1C(=O)[C@]2(C)[C@@H](O)CC3OC[C@@]3(C=O)[C@H]2[C@H](OC(=O)c2ccccc2)[C@]2(O)C[C@H](OC(=O)[C@H](O)[C@@H](NC(=O)c3ccccc3)c3ccccc3)C(C)=C1C2(C)C. The van der Waals surface area contributed by atoms with Gasteiger partial charge in [-0.3, -0.25) is 14.4 Å². The Morgan fingerprint density at radius 3 is 2.02 bits per heavy atom. The van der Waals surface area contributed by atoms with E-state index in [1.54, 1.807) is 92.7 Å². The van der Waals surface area contributed by atoms with Gasteiger partial charge in [0.2, 0.25) is 0 Å². The lowest BCUT2D eigenvalue weighted by Crippen LogP contribution is -2.78. The van der Waals surface area contributed by atoms with Crippen molar-refractivity contribution >= 4 is 35.9 Å². The highest BCUT2D eigenvalue weighted by Gasteiger charge is 2.77. The highest BCUT2D eigenvalue weighted by Crippen LogP contribution is 2.65. The normalized spacial score (nSPS) is 32.6. The Morgan fingerprint density at radius 1 is 0.883 bits per heavy atom. The van der Waals surface area contributed by atoms with E-state index >= 15 is 4.79 Å². The fraction of sp³-hybridized carbons (Fsp3) is 0.435. The van der Waals surface area contributed by atoms with Gasteiger partial charge in [-0.1, -0.05) is 80.6 Å². The molecule has 1 heterocycles. The zero-order valence-electron chi connectivity index (χ0n) is 33.9. The summed E-state index contributed by atoms with van der Waals surface area (Å²) in [5, 5.41) is 40.0. The lowest BCUT2D eigenvalue weighted by atomic mass is 9.42. The maximum Gasteiger partial charge on any atom is 0.338 e. The van der Waals surface area contributed by atoms with Gasteiger partial charge in [0.25, 0.3) is 5.91 Å². The van der Waals surface area contributed by atoms with Crippen molar-refractivity contribution in [2.75, 3.05) is 6.61 Å². The van der Waals surface area contributed by atoms with Gasteiger partial charge in [-0.25, -0.2) is 9.59 Å². The van der Waals surface area contributed by atoms with E-state index in [1.807, 2.05) is 0 Å². The molecule has 1 aliphatic heterocycles. The van der Waals surface area contributed by atoms with Crippen LogP contribution in [0, 0.1) is 22.2 Å². The number of Topliss-reactive ketones (excluding diaryl/α,β-unsaturated/α-hetero) is 1. The first-order chi connectivity index (χ1) is 28.4. The molecule has 2 bridgehead atoms. The predicted octanol–water partition coefficient (Wildman–Crippen LogP) is 3.62. The zero-order chi connectivity index (χ0) is 43.4. The van der Waals surface area contributed by atoms with E-state index in [2.05, 4.69) is 5.32 Å². The Hall–Kier alpha value is -5.54. The number of amides is 1. The highest BCUT2D eigenvalue weighted by atomic mass is 16.6. The summed E-state index contributed by atoms with van der Waals surface area (Å²) in [5.74, 6) is -5.89. The minimum absolute atomic E-state index is 0.0144. The van der Waals surface area contributed by atoms with Gasteiger partial charge >= 0.3 is 17.9 Å². The second-order valence-corrected chi connectivity index (χ2v) is 17.0. The first-order valence-corrected chi connectivity index (χ1v) is 19.9. The van der Waals surface area contributed by atoms with Gasteiger partial charge in [-0.2, -0.15) is 0 Å². The van der Waals surface area contributed by atoms with E-state index < -0.39 is 106 Å². The summed E-state index contributed by atoms with van der Waals surface area (Å²) in [4.78, 5) is 83.5. The smallest absolute Gasteiger partial charge is 0.338 e. The summed E-state index contributed by atoms with van der Waals surface area (Å²) in [6.45, 7) is 6.94. The standard InChI is InChI=1S/C46H49NO13/c1-25-30(59-42(55)35(51)34(27-15-9-6-10-16-27)47-40(53)28-17-11-7-12-18-28)22-46(56)39(60-41(54)29-19-13-8-14-20-29)37-44(5,31(50)21-32-45(37,23-48)24-57-32)38(52)36(58-26(2)49)33(25)43(46,3)4/h6-20,23,30-32,34-37,39,50-51,56H,21-22,24H2,1-5H3,(H,47,53)/t30-,31-,32?,34-,35+,36+,37-,39-,44+,45+,46+/m0/s1. The molecule has 3 aromatic rings. The number of aliphatic hydroxyl groups excluding tert-OH is 2. The third-order valence-electron chi connectivity index (χ3n) is 13.5. The summed E-state index contributed by atoms with van der Waals surface area (Å²) in [6, 6.07) is 23.0. The molecule has 1 amide bonds. The van der Waals surface area contributed by atoms with Crippen LogP contribution in [0.3, 0.4) is 0 Å². The van der Waals surface area contributed by atoms with Gasteiger partial charge in [0, 0.05) is 36.7 Å². The van der Waals surface area contributed by atoms with E-state index in [-0.39, 0.29) is 35.3 Å². The van der Waals surface area contributed by atoms with E-state index in [0.29, 0.717) is 11.8 Å². The van der Waals surface area contributed by atoms with Crippen LogP contribution in [-0.2, 0) is 38.1 Å². The Kier molecular flexibility index (Phi) is 11.2. The lowest BCUT2D eigenvalue weighted by Gasteiger charge is -2.67. The van der Waals surface area contributed by atoms with Crippen molar-refractivity contribution in [2.24, 2.45) is 22.2 Å². The van der Waals surface area contributed by atoms with Crippen LogP contribution in [-0.4, -0.2) is 100 Å². The van der Waals surface area contributed by atoms with Crippen molar-refractivity contribution < 1.29 is 63.0 Å². The number of aldehydes is 1. The number of ether oxygens (including phenoxy) is 4. The molecule has 60 heavy (non-hydrogen) atoms. The van der Waals surface area contributed by atoms with Gasteiger partial charge in [0.1, 0.15) is 24.1 Å². The van der Waals surface area contributed by atoms with E-state index in [0.717, 1.165) is 6.92 Å². The molecule has 7 rings (SSSR count). The quantitative estimate of drug-likeness (QED) is 0.0998. The van der Waals surface area contributed by atoms with Crippen LogP contribution >= 0.6 is 0 Å². The Balaban J connectivity index is 1.37. The molecule has 1 unspecified atom stereocenters. The van der Waals surface area contributed by atoms with Gasteiger partial charge in [-0.05, 0) is 54.8 Å². The Labute approximate surface area is 346 Å². The number of benzene rings is 3. The van der Waals surface area contributed by atoms with Crippen LogP contribution < -0.4 is 5.32 Å². The van der Waals surface area contributed by atoms with E-state index in [4.69, 9.17) is 18.9 Å². The highest BCUT2D eigenvalue weighted by molar-refractivity contribution is 5.96. The van der Waals surface area contributed by atoms with Crippen LogP contribution in [0.2, 0.25) is 0 Å². The second-order valence-electron chi connectivity index (χ2n) is 17.0. The molecule has 0 radical (unpaired) electrons. The molecule has 4 aliphatic rings. The van der Waals surface area contributed by atoms with Crippen molar-refractivity contribution in [2.45, 2.75) is 95.7 Å². The summed E-state index contributed by atoms with van der Waals surface area (Å²) in [6.07, 6.45) is -9.57. The predicted molar refractivity (Wildman–Crippen MR) is 212 cm³/mol. The zero-order valence-corrected chi connectivity index (χ0v) is 33.9. The number of hydrogen-bond donors (Lipinski definition) is 4. The van der Waals surface area contributed by atoms with Gasteiger partial charge in [-0.15, -0.1) is 0 Å². The first kappa shape index (κ1) is 42.6. The fourth-order valence-corrected chi connectivity index (χ4v) is 10.1. The number of aliphatic hydroxyl groups is 3. The largest absolute Gasteiger partial charge is 0.456 e. The monoisotopic (exact) mass is 823 g/mol. The van der Waals surface area contributed by atoms with Crippen molar-refractivity contribution in [1.82, 2.24) is 5.32 Å². The fourth-order valence-electron chi connectivity index (χ4n) is 10.1. The first-order valence-electron chi connectivity index (χ1n) is 19.9. The molecule has 3 aromatic carbocycles. The topological polar surface area (TPSA) is 212 Å². The van der Waals surface area contributed by atoms with Crippen LogP contribution in [0.4, 0.5) is 0 Å². The molecule has 4 N–H and O–H groups in total. The number of fused-ring (bicyclic) bond motifs is 5. The number of ketones is 1. The Morgan fingerprint density at radius 2 is 1.47 bits per heavy atom. The van der Waals surface area contributed by atoms with Crippen LogP contribution in [0.15, 0.2) is 102 Å². The maximum absolute atomic E-state index is 15.3. The summed E-state index contributed by atoms with van der Waals surface area (Å²) in [7, 11) is 0. The molecule has 3 aliphatic carbocycles. The molecule has 0 aromatic heterocycles. The van der Waals surface area contributed by atoms with Gasteiger partial charge in [0.05, 0.1) is 41.3 Å². The molecule has 3 fully saturated rings. The molecule has 14 heteroatoms. The van der Waals surface area contributed by atoms with Crippen LogP contribution in [0.1, 0.15) is 79.8 Å². The van der Waals surface area contributed by atoms with Crippen LogP contribution in [0.25, 0.3) is 0 Å². The van der Waals surface area contributed by atoms with Crippen LogP contribution in [0.5, 0.6) is 0 Å². The third kappa shape index (κ3) is 6.75. The van der Waals surface area contributed by atoms with Crippen molar-refractivity contribution in [3.8, 4) is 0 Å². The number of nitrogens with one attached hydrogen (secondary N) is 1. The molecule has 1 saturated heterocycles. The molecular formula is C46H49NO13. The van der Waals surface area contributed by atoms with E-state index in [1.165, 1.54) is 26.0 Å². The second kappa shape index (κ2) is 15.8. The molecule has 316 valence electrons. The Bertz CT molecular complexity index is 2210. The average molecular weight is 824 g/mol. The molecular weight excluding hydrogens is 774 g/mol. The lowest BCUT2D eigenvalue weighted by molar-refractivity contribution is -0.303. The molecule has 2 saturated carbocycles. The summed E-state index contributed by atoms with van der Waals surface area (Å²) >= 11 is 0.